The molecule has 0 unspecified atom stereocenters. The standard InChI is InChI=1S/C21H30N4O3S/c22-17-19-7-2-3-8-20(19)29(27,28)25-15-9-18(10-16-25)21(26)23-11-6-14-24-12-4-1-5-13-24/h2-3,7-8,18H,1,4-6,9-16H2,(H,23,26)/p+1. The van der Waals surface area contributed by atoms with Crippen molar-refractivity contribution in [1.82, 2.24) is 9.62 Å². The van der Waals surface area contributed by atoms with Crippen molar-refractivity contribution in [1.29, 1.82) is 5.26 Å². The smallest absolute Gasteiger partial charge is 0.244 e. The van der Waals surface area contributed by atoms with E-state index in [1.54, 1.807) is 17.0 Å². The molecule has 7 nitrogen and oxygen atoms in total. The van der Waals surface area contributed by atoms with Crippen LogP contribution in [0.1, 0.15) is 44.1 Å². The van der Waals surface area contributed by atoms with Gasteiger partial charge in [-0.25, -0.2) is 8.42 Å². The van der Waals surface area contributed by atoms with E-state index in [1.807, 2.05) is 6.07 Å². The minimum Gasteiger partial charge on any atom is -0.356 e. The molecule has 2 aliphatic heterocycles. The molecule has 1 amide bonds. The Morgan fingerprint density at radius 2 is 1.86 bits per heavy atom. The van der Waals surface area contributed by atoms with E-state index in [9.17, 15) is 18.5 Å². The fraction of sp³-hybridized carbons (Fsp3) is 0.619. The van der Waals surface area contributed by atoms with Gasteiger partial charge < -0.3 is 10.2 Å². The Hall–Kier alpha value is -1.95. The highest BCUT2D eigenvalue weighted by molar-refractivity contribution is 7.89. The van der Waals surface area contributed by atoms with Crippen LogP contribution in [-0.4, -0.2) is 57.9 Å². The second-order valence-corrected chi connectivity index (χ2v) is 9.90. The second kappa shape index (κ2) is 10.2. The first kappa shape index (κ1) is 21.8. The van der Waals surface area contributed by atoms with E-state index in [4.69, 9.17) is 0 Å². The largest absolute Gasteiger partial charge is 0.356 e. The molecule has 0 spiro atoms. The molecule has 3 rings (SSSR count). The molecule has 0 atom stereocenters. The number of amides is 1. The summed E-state index contributed by atoms with van der Waals surface area (Å²) in [4.78, 5) is 14.1. The number of benzene rings is 1. The first-order chi connectivity index (χ1) is 14.0. The molecule has 2 aliphatic rings. The summed E-state index contributed by atoms with van der Waals surface area (Å²) in [5.74, 6) is -0.108. The summed E-state index contributed by atoms with van der Waals surface area (Å²) in [5, 5.41) is 12.2. The van der Waals surface area contributed by atoms with Crippen LogP contribution in [0.4, 0.5) is 0 Å². The van der Waals surface area contributed by atoms with E-state index in [-0.39, 0.29) is 22.3 Å². The average Bonchev–Trinajstić information content (AvgIpc) is 2.77. The highest BCUT2D eigenvalue weighted by Gasteiger charge is 2.33. The van der Waals surface area contributed by atoms with Crippen LogP contribution in [0.5, 0.6) is 0 Å². The molecule has 0 aromatic heterocycles. The van der Waals surface area contributed by atoms with Gasteiger partial charge in [0.1, 0.15) is 6.07 Å². The number of carbonyl (C=O) groups is 1. The zero-order chi connectivity index (χ0) is 20.7. The molecule has 2 saturated heterocycles. The minimum absolute atomic E-state index is 0.0353. The van der Waals surface area contributed by atoms with E-state index in [1.165, 1.54) is 48.8 Å². The van der Waals surface area contributed by atoms with Crippen molar-refractivity contribution >= 4 is 15.9 Å². The molecule has 0 bridgehead atoms. The van der Waals surface area contributed by atoms with Crippen LogP contribution >= 0.6 is 0 Å². The van der Waals surface area contributed by atoms with Gasteiger partial charge in [0.15, 0.2) is 0 Å². The number of quaternary nitrogens is 1. The summed E-state index contributed by atoms with van der Waals surface area (Å²) in [7, 11) is -3.71. The summed E-state index contributed by atoms with van der Waals surface area (Å²) in [6, 6.07) is 8.21. The summed E-state index contributed by atoms with van der Waals surface area (Å²) < 4.78 is 27.1. The molecule has 29 heavy (non-hydrogen) atoms. The number of carbonyl (C=O) groups excluding carboxylic acids is 1. The van der Waals surface area contributed by atoms with Crippen molar-refractivity contribution < 1.29 is 18.1 Å². The lowest BCUT2D eigenvalue weighted by Gasteiger charge is -2.30. The number of hydrogen-bond donors (Lipinski definition) is 2. The summed E-state index contributed by atoms with van der Waals surface area (Å²) in [5.41, 5.74) is 0.156. The van der Waals surface area contributed by atoms with E-state index in [0.29, 0.717) is 32.5 Å². The number of nitriles is 1. The van der Waals surface area contributed by atoms with Gasteiger partial charge >= 0.3 is 0 Å². The zero-order valence-corrected chi connectivity index (χ0v) is 17.7. The Morgan fingerprint density at radius 1 is 1.17 bits per heavy atom. The number of hydrogen-bond acceptors (Lipinski definition) is 4. The Labute approximate surface area is 173 Å². The predicted molar refractivity (Wildman–Crippen MR) is 110 cm³/mol. The molecule has 158 valence electrons. The number of nitrogens with zero attached hydrogens (tertiary/aromatic N) is 2. The SMILES string of the molecule is N#Cc1ccccc1S(=O)(=O)N1CCC(C(=O)NCCC[NH+]2CCCCC2)CC1. The maximum atomic E-state index is 12.9. The molecule has 1 aromatic rings. The molecule has 1 aromatic carbocycles. The third-order valence-corrected chi connectivity index (χ3v) is 7.97. The van der Waals surface area contributed by atoms with Crippen molar-refractivity contribution in [2.45, 2.75) is 43.4 Å². The van der Waals surface area contributed by atoms with Crippen molar-refractivity contribution in [2.24, 2.45) is 5.92 Å². The molecule has 0 saturated carbocycles. The van der Waals surface area contributed by atoms with Crippen LogP contribution in [0.2, 0.25) is 0 Å². The fourth-order valence-corrected chi connectivity index (χ4v) is 5.89. The van der Waals surface area contributed by atoms with Crippen LogP contribution in [0.15, 0.2) is 29.2 Å². The first-order valence-corrected chi connectivity index (χ1v) is 12.1. The number of piperidine rings is 2. The van der Waals surface area contributed by atoms with Crippen LogP contribution in [0.25, 0.3) is 0 Å². The lowest BCUT2D eigenvalue weighted by Crippen LogP contribution is -3.12. The van der Waals surface area contributed by atoms with E-state index < -0.39 is 10.0 Å². The van der Waals surface area contributed by atoms with Crippen LogP contribution in [-0.2, 0) is 14.8 Å². The highest BCUT2D eigenvalue weighted by Crippen LogP contribution is 2.25. The van der Waals surface area contributed by atoms with Gasteiger partial charge in [-0.15, -0.1) is 0 Å². The third kappa shape index (κ3) is 5.56. The average molecular weight is 420 g/mol. The molecule has 0 radical (unpaired) electrons. The quantitative estimate of drug-likeness (QED) is 0.631. The predicted octanol–water partition coefficient (Wildman–Crippen LogP) is 0.534. The van der Waals surface area contributed by atoms with Crippen molar-refractivity contribution in [3.8, 4) is 6.07 Å². The third-order valence-electron chi connectivity index (χ3n) is 6.02. The van der Waals surface area contributed by atoms with E-state index in [2.05, 4.69) is 5.32 Å². The van der Waals surface area contributed by atoms with Gasteiger partial charge in [-0.05, 0) is 44.2 Å². The molecule has 8 heteroatoms. The molecule has 2 fully saturated rings. The van der Waals surface area contributed by atoms with Gasteiger partial charge in [0, 0.05) is 32.0 Å². The van der Waals surface area contributed by atoms with Gasteiger partial charge in [-0.3, -0.25) is 4.79 Å². The Morgan fingerprint density at radius 3 is 2.55 bits per heavy atom. The maximum Gasteiger partial charge on any atom is 0.244 e. The van der Waals surface area contributed by atoms with Crippen molar-refractivity contribution in [3.05, 3.63) is 29.8 Å². The second-order valence-electron chi connectivity index (χ2n) is 7.99. The van der Waals surface area contributed by atoms with Crippen molar-refractivity contribution in [2.75, 3.05) is 39.3 Å². The number of rotatable bonds is 7. The molecular formula is C21H31N4O3S+. The van der Waals surface area contributed by atoms with Gasteiger partial charge in [0.05, 0.1) is 30.1 Å². The maximum absolute atomic E-state index is 12.9. The highest BCUT2D eigenvalue weighted by atomic mass is 32.2. The Kier molecular flexibility index (Phi) is 7.64. The van der Waals surface area contributed by atoms with Crippen molar-refractivity contribution in [3.63, 3.8) is 0 Å². The van der Waals surface area contributed by atoms with Gasteiger partial charge in [0.2, 0.25) is 15.9 Å². The molecular weight excluding hydrogens is 388 g/mol. The molecule has 0 aliphatic carbocycles. The Balaban J connectivity index is 1.44. The lowest BCUT2D eigenvalue weighted by molar-refractivity contribution is -0.904. The minimum atomic E-state index is -3.71. The van der Waals surface area contributed by atoms with E-state index in [0.717, 1.165) is 13.0 Å². The molecule has 2 heterocycles. The van der Waals surface area contributed by atoms with E-state index >= 15 is 0 Å². The van der Waals surface area contributed by atoms with Crippen LogP contribution in [0, 0.1) is 17.2 Å². The summed E-state index contributed by atoms with van der Waals surface area (Å²) in [6.45, 7) is 4.90. The zero-order valence-electron chi connectivity index (χ0n) is 16.9. The van der Waals surface area contributed by atoms with Crippen LogP contribution < -0.4 is 10.2 Å². The monoisotopic (exact) mass is 419 g/mol. The van der Waals surface area contributed by atoms with Gasteiger partial charge in [0.25, 0.3) is 0 Å². The normalized spacial score (nSPS) is 19.6. The topological polar surface area (TPSA) is 94.7 Å². The van der Waals surface area contributed by atoms with Gasteiger partial charge in [-0.2, -0.15) is 9.57 Å². The summed E-state index contributed by atoms with van der Waals surface area (Å²) in [6.07, 6.45) is 5.97. The summed E-state index contributed by atoms with van der Waals surface area (Å²) >= 11 is 0. The lowest BCUT2D eigenvalue weighted by atomic mass is 9.97. The number of nitrogens with one attached hydrogen (secondary N) is 2. The van der Waals surface area contributed by atoms with Gasteiger partial charge in [-0.1, -0.05) is 12.1 Å². The Bertz CT molecular complexity index is 836. The number of sulfonamides is 1. The van der Waals surface area contributed by atoms with Crippen LogP contribution in [0.3, 0.4) is 0 Å². The number of likely N-dealkylation sites (tertiary alicyclic amines) is 1. The fourth-order valence-electron chi connectivity index (χ4n) is 4.28. The molecule has 2 N–H and O–H groups in total. The first-order valence-electron chi connectivity index (χ1n) is 10.6.